The minimum Gasteiger partial charge on any atom is -0.380 e. The molecule has 20 heavy (non-hydrogen) atoms. The van der Waals surface area contributed by atoms with Crippen molar-refractivity contribution in [3.63, 3.8) is 0 Å². The normalized spacial score (nSPS) is 13.4. The van der Waals surface area contributed by atoms with Gasteiger partial charge in [-0.2, -0.15) is 0 Å². The molecule has 0 aromatic heterocycles. The van der Waals surface area contributed by atoms with Gasteiger partial charge in [0.15, 0.2) is 0 Å². The summed E-state index contributed by atoms with van der Waals surface area (Å²) in [5, 5.41) is 3.02. The summed E-state index contributed by atoms with van der Waals surface area (Å²) < 4.78 is 32.9. The van der Waals surface area contributed by atoms with Gasteiger partial charge in [0.2, 0.25) is 10.0 Å². The molecule has 0 aliphatic heterocycles. The second-order valence-electron chi connectivity index (χ2n) is 4.48. The van der Waals surface area contributed by atoms with Crippen LogP contribution in [0.5, 0.6) is 0 Å². The zero-order chi connectivity index (χ0) is 15.2. The molecule has 1 rings (SSSR count). The monoisotopic (exact) mass is 364 g/mol. The molecule has 0 fully saturated rings. The smallest absolute Gasteiger partial charge is 0.242 e. The lowest BCUT2D eigenvalue weighted by Crippen LogP contribution is -2.36. The van der Waals surface area contributed by atoms with E-state index in [0.29, 0.717) is 24.2 Å². The third kappa shape index (κ3) is 5.14. The zero-order valence-electron chi connectivity index (χ0n) is 11.9. The molecule has 0 aliphatic carbocycles. The minimum atomic E-state index is -3.55. The van der Waals surface area contributed by atoms with Crippen molar-refractivity contribution in [3.8, 4) is 0 Å². The van der Waals surface area contributed by atoms with Crippen molar-refractivity contribution in [1.29, 1.82) is 0 Å². The number of halogens is 1. The number of nitrogens with one attached hydrogen (secondary N) is 2. The highest BCUT2D eigenvalue weighted by atomic mass is 79.9. The average molecular weight is 365 g/mol. The van der Waals surface area contributed by atoms with E-state index >= 15 is 0 Å². The summed E-state index contributed by atoms with van der Waals surface area (Å²) in [6, 6.07) is 4.93. The molecule has 1 atom stereocenters. The fourth-order valence-corrected chi connectivity index (χ4v) is 4.09. The van der Waals surface area contributed by atoms with Gasteiger partial charge < -0.3 is 10.1 Å². The van der Waals surface area contributed by atoms with E-state index in [1.54, 1.807) is 25.1 Å². The van der Waals surface area contributed by atoms with Crippen LogP contribution in [0.2, 0.25) is 0 Å². The third-order valence-corrected chi connectivity index (χ3v) is 5.16. The van der Waals surface area contributed by atoms with Crippen LogP contribution in [0.25, 0.3) is 0 Å². The number of hydrogen-bond donors (Lipinski definition) is 2. The number of hydrogen-bond acceptors (Lipinski definition) is 4. The van der Waals surface area contributed by atoms with Crippen molar-refractivity contribution in [2.75, 3.05) is 20.3 Å². The van der Waals surface area contributed by atoms with Gasteiger partial charge in [-0.3, -0.25) is 0 Å². The fraction of sp³-hybridized carbons (Fsp3) is 0.538. The Balaban J connectivity index is 2.87. The number of ether oxygens (including phenoxy) is 1. The first-order valence-electron chi connectivity index (χ1n) is 6.43. The van der Waals surface area contributed by atoms with Crippen molar-refractivity contribution in [2.24, 2.45) is 0 Å². The predicted molar refractivity (Wildman–Crippen MR) is 83.2 cm³/mol. The van der Waals surface area contributed by atoms with Crippen molar-refractivity contribution >= 4 is 26.0 Å². The van der Waals surface area contributed by atoms with Crippen LogP contribution >= 0.6 is 15.9 Å². The van der Waals surface area contributed by atoms with E-state index in [0.717, 1.165) is 5.56 Å². The molecule has 1 aromatic rings. The number of benzene rings is 1. The second-order valence-corrected chi connectivity index (χ2v) is 7.01. The van der Waals surface area contributed by atoms with E-state index in [-0.39, 0.29) is 10.9 Å². The van der Waals surface area contributed by atoms with Gasteiger partial charge >= 0.3 is 0 Å². The lowest BCUT2D eigenvalue weighted by atomic mass is 10.2. The molecule has 0 spiro atoms. The van der Waals surface area contributed by atoms with Crippen molar-refractivity contribution < 1.29 is 13.2 Å². The first-order chi connectivity index (χ1) is 9.40. The Kier molecular flexibility index (Phi) is 7.11. The van der Waals surface area contributed by atoms with Crippen molar-refractivity contribution in [1.82, 2.24) is 10.0 Å². The largest absolute Gasteiger partial charge is 0.380 e. The molecular weight excluding hydrogens is 344 g/mol. The molecule has 1 unspecified atom stereocenters. The molecule has 7 heteroatoms. The maximum atomic E-state index is 12.3. The van der Waals surface area contributed by atoms with E-state index in [9.17, 15) is 8.42 Å². The lowest BCUT2D eigenvalue weighted by molar-refractivity contribution is 0.133. The van der Waals surface area contributed by atoms with Crippen LogP contribution in [0.1, 0.15) is 19.4 Å². The topological polar surface area (TPSA) is 67.4 Å². The Hall–Kier alpha value is -0.470. The zero-order valence-corrected chi connectivity index (χ0v) is 14.3. The lowest BCUT2D eigenvalue weighted by Gasteiger charge is -2.15. The minimum absolute atomic E-state index is 0.237. The Morgan fingerprint density at radius 1 is 1.40 bits per heavy atom. The van der Waals surface area contributed by atoms with E-state index < -0.39 is 10.0 Å². The van der Waals surface area contributed by atoms with Crippen LogP contribution in [-0.4, -0.2) is 34.7 Å². The fourth-order valence-electron chi connectivity index (χ4n) is 1.73. The highest BCUT2D eigenvalue weighted by Crippen LogP contribution is 2.23. The SMILES string of the molecule is CCOCC(C)NS(=O)(=O)c1ccc(CNC)cc1Br. The van der Waals surface area contributed by atoms with Crippen LogP contribution < -0.4 is 10.0 Å². The molecule has 0 amide bonds. The van der Waals surface area contributed by atoms with E-state index in [2.05, 4.69) is 26.0 Å². The molecule has 1 aromatic carbocycles. The molecular formula is C13H21BrN2O3S. The van der Waals surface area contributed by atoms with Crippen molar-refractivity contribution in [3.05, 3.63) is 28.2 Å². The quantitative estimate of drug-likeness (QED) is 0.738. The van der Waals surface area contributed by atoms with Gasteiger partial charge in [0.05, 0.1) is 11.5 Å². The van der Waals surface area contributed by atoms with Gasteiger partial charge in [0, 0.05) is 23.7 Å². The summed E-state index contributed by atoms with van der Waals surface area (Å²) in [6.07, 6.45) is 0. The number of sulfonamides is 1. The van der Waals surface area contributed by atoms with Crippen LogP contribution in [0.3, 0.4) is 0 Å². The number of rotatable bonds is 8. The first-order valence-corrected chi connectivity index (χ1v) is 8.71. The summed E-state index contributed by atoms with van der Waals surface area (Å²) in [5.74, 6) is 0. The Morgan fingerprint density at radius 2 is 2.10 bits per heavy atom. The summed E-state index contributed by atoms with van der Waals surface area (Å²) >= 11 is 3.32. The van der Waals surface area contributed by atoms with Gasteiger partial charge in [-0.05, 0) is 54.5 Å². The van der Waals surface area contributed by atoms with Gasteiger partial charge in [-0.25, -0.2) is 13.1 Å². The van der Waals surface area contributed by atoms with Crippen LogP contribution in [-0.2, 0) is 21.3 Å². The van der Waals surface area contributed by atoms with E-state index in [1.807, 2.05) is 14.0 Å². The highest BCUT2D eigenvalue weighted by molar-refractivity contribution is 9.10. The van der Waals surface area contributed by atoms with Crippen LogP contribution in [0.4, 0.5) is 0 Å². The Bertz CT molecular complexity index is 534. The average Bonchev–Trinajstić information content (AvgIpc) is 2.36. The van der Waals surface area contributed by atoms with Crippen LogP contribution in [0, 0.1) is 0 Å². The van der Waals surface area contributed by atoms with Gasteiger partial charge in [0.25, 0.3) is 0 Å². The Morgan fingerprint density at radius 3 is 2.65 bits per heavy atom. The first kappa shape index (κ1) is 17.6. The maximum Gasteiger partial charge on any atom is 0.242 e. The maximum absolute atomic E-state index is 12.3. The molecule has 0 saturated carbocycles. The van der Waals surface area contributed by atoms with Crippen LogP contribution in [0.15, 0.2) is 27.6 Å². The van der Waals surface area contributed by atoms with E-state index in [1.165, 1.54) is 0 Å². The highest BCUT2D eigenvalue weighted by Gasteiger charge is 2.20. The molecule has 0 radical (unpaired) electrons. The van der Waals surface area contributed by atoms with Gasteiger partial charge in [0.1, 0.15) is 0 Å². The molecule has 0 saturated heterocycles. The molecule has 0 bridgehead atoms. The third-order valence-electron chi connectivity index (χ3n) is 2.60. The Labute approximate surface area is 129 Å². The molecule has 5 nitrogen and oxygen atoms in total. The molecule has 114 valence electrons. The summed E-state index contributed by atoms with van der Waals surface area (Å²) in [4.78, 5) is 0.237. The molecule has 0 aliphatic rings. The summed E-state index contributed by atoms with van der Waals surface area (Å²) in [6.45, 7) is 5.25. The molecule has 2 N–H and O–H groups in total. The summed E-state index contributed by atoms with van der Waals surface area (Å²) in [5.41, 5.74) is 1.01. The second kappa shape index (κ2) is 8.09. The van der Waals surface area contributed by atoms with Gasteiger partial charge in [-0.15, -0.1) is 0 Å². The van der Waals surface area contributed by atoms with Gasteiger partial charge in [-0.1, -0.05) is 6.07 Å². The van der Waals surface area contributed by atoms with E-state index in [4.69, 9.17) is 4.74 Å². The summed E-state index contributed by atoms with van der Waals surface area (Å²) in [7, 11) is -1.71. The molecule has 0 heterocycles. The standard InChI is InChI=1S/C13H21BrN2O3S/c1-4-19-9-10(2)16-20(17,18)13-6-5-11(8-15-3)7-12(13)14/h5-7,10,15-16H,4,8-9H2,1-3H3. The predicted octanol–water partition coefficient (Wildman–Crippen LogP) is 1.87. The van der Waals surface area contributed by atoms with Crippen molar-refractivity contribution in [2.45, 2.75) is 31.3 Å².